The number of nitrogens with zero attached hydrogens (tertiary/aromatic N) is 1. The number of hydrogen-bond acceptors (Lipinski definition) is 3. The average Bonchev–Trinajstić information content (AvgIpc) is 2.56. The lowest BCUT2D eigenvalue weighted by atomic mass is 9.87. The SMILES string of the molecule is Cc1cc(C)c(C)c(OCC(=O)N/N=C/c2ccc(C(C)(C)C)cc2)c1. The van der Waals surface area contributed by atoms with Crippen LogP contribution in [0.1, 0.15) is 48.6 Å². The summed E-state index contributed by atoms with van der Waals surface area (Å²) >= 11 is 0. The van der Waals surface area contributed by atoms with Crippen LogP contribution in [-0.4, -0.2) is 18.7 Å². The molecule has 0 heterocycles. The van der Waals surface area contributed by atoms with Crippen LogP contribution in [0.3, 0.4) is 0 Å². The lowest BCUT2D eigenvalue weighted by Gasteiger charge is -2.18. The van der Waals surface area contributed by atoms with Gasteiger partial charge < -0.3 is 4.74 Å². The van der Waals surface area contributed by atoms with Gasteiger partial charge >= 0.3 is 0 Å². The van der Waals surface area contributed by atoms with Gasteiger partial charge in [-0.25, -0.2) is 5.43 Å². The largest absolute Gasteiger partial charge is 0.483 e. The van der Waals surface area contributed by atoms with E-state index in [1.54, 1.807) is 6.21 Å². The number of rotatable bonds is 5. The van der Waals surface area contributed by atoms with Crippen molar-refractivity contribution in [3.05, 3.63) is 64.2 Å². The molecule has 138 valence electrons. The predicted molar refractivity (Wildman–Crippen MR) is 107 cm³/mol. The maximum absolute atomic E-state index is 11.9. The first-order chi connectivity index (χ1) is 12.2. The molecule has 4 nitrogen and oxygen atoms in total. The van der Waals surface area contributed by atoms with E-state index >= 15 is 0 Å². The Morgan fingerprint density at radius 3 is 2.38 bits per heavy atom. The molecular weight excluding hydrogens is 324 g/mol. The Hall–Kier alpha value is -2.62. The van der Waals surface area contributed by atoms with Crippen LogP contribution in [0, 0.1) is 20.8 Å². The van der Waals surface area contributed by atoms with E-state index in [1.807, 2.05) is 39.0 Å². The molecule has 0 aliphatic heterocycles. The first-order valence-corrected chi connectivity index (χ1v) is 8.80. The van der Waals surface area contributed by atoms with Gasteiger partial charge in [0.15, 0.2) is 6.61 Å². The minimum Gasteiger partial charge on any atom is -0.483 e. The highest BCUT2D eigenvalue weighted by Gasteiger charge is 2.12. The van der Waals surface area contributed by atoms with Crippen LogP contribution in [0.4, 0.5) is 0 Å². The Morgan fingerprint density at radius 2 is 1.77 bits per heavy atom. The Kier molecular flexibility index (Phi) is 6.19. The van der Waals surface area contributed by atoms with Gasteiger partial charge in [0, 0.05) is 0 Å². The van der Waals surface area contributed by atoms with Crippen molar-refractivity contribution < 1.29 is 9.53 Å². The molecule has 0 unspecified atom stereocenters. The van der Waals surface area contributed by atoms with Gasteiger partial charge in [0.05, 0.1) is 6.21 Å². The van der Waals surface area contributed by atoms with Crippen LogP contribution in [0.2, 0.25) is 0 Å². The minimum absolute atomic E-state index is 0.0654. The van der Waals surface area contributed by atoms with Crippen molar-refractivity contribution in [3.8, 4) is 5.75 Å². The molecule has 0 aliphatic rings. The van der Waals surface area contributed by atoms with E-state index in [9.17, 15) is 4.79 Å². The van der Waals surface area contributed by atoms with E-state index in [0.29, 0.717) is 0 Å². The maximum Gasteiger partial charge on any atom is 0.277 e. The maximum atomic E-state index is 11.9. The molecule has 0 radical (unpaired) electrons. The summed E-state index contributed by atoms with van der Waals surface area (Å²) in [6.45, 7) is 12.5. The topological polar surface area (TPSA) is 50.7 Å². The van der Waals surface area contributed by atoms with Gasteiger partial charge in [-0.05, 0) is 60.1 Å². The van der Waals surface area contributed by atoms with Crippen LogP contribution in [0.5, 0.6) is 5.75 Å². The fourth-order valence-corrected chi connectivity index (χ4v) is 2.57. The Bertz CT molecular complexity index is 800. The van der Waals surface area contributed by atoms with Crippen LogP contribution in [0.15, 0.2) is 41.5 Å². The molecule has 0 aliphatic carbocycles. The van der Waals surface area contributed by atoms with Crippen molar-refractivity contribution in [1.29, 1.82) is 0 Å². The number of carbonyl (C=O) groups excluding carboxylic acids is 1. The molecule has 0 fully saturated rings. The smallest absolute Gasteiger partial charge is 0.277 e. The van der Waals surface area contributed by atoms with Crippen molar-refractivity contribution >= 4 is 12.1 Å². The first kappa shape index (κ1) is 19.7. The van der Waals surface area contributed by atoms with Gasteiger partial charge in [-0.3, -0.25) is 4.79 Å². The standard InChI is InChI=1S/C22H28N2O2/c1-15-11-16(2)17(3)20(12-15)26-14-21(25)24-23-13-18-7-9-19(10-8-18)22(4,5)6/h7-13H,14H2,1-6H3,(H,24,25)/b23-13+. The number of aryl methyl sites for hydroxylation is 2. The monoisotopic (exact) mass is 352 g/mol. The van der Waals surface area contributed by atoms with Crippen LogP contribution >= 0.6 is 0 Å². The highest BCUT2D eigenvalue weighted by Crippen LogP contribution is 2.23. The number of ether oxygens (including phenoxy) is 1. The summed E-state index contributed by atoms with van der Waals surface area (Å²) in [5.74, 6) is 0.450. The van der Waals surface area contributed by atoms with Gasteiger partial charge in [-0.2, -0.15) is 5.10 Å². The van der Waals surface area contributed by atoms with Crippen LogP contribution in [-0.2, 0) is 10.2 Å². The second-order valence-electron chi connectivity index (χ2n) is 7.66. The van der Waals surface area contributed by atoms with E-state index in [2.05, 4.69) is 49.5 Å². The van der Waals surface area contributed by atoms with Crippen molar-refractivity contribution in [3.63, 3.8) is 0 Å². The fourth-order valence-electron chi connectivity index (χ4n) is 2.57. The highest BCUT2D eigenvalue weighted by atomic mass is 16.5. The van der Waals surface area contributed by atoms with E-state index in [0.717, 1.165) is 28.0 Å². The number of carbonyl (C=O) groups is 1. The van der Waals surface area contributed by atoms with Crippen molar-refractivity contribution in [2.45, 2.75) is 47.0 Å². The quantitative estimate of drug-likeness (QED) is 0.639. The molecule has 2 rings (SSSR count). The molecule has 1 N–H and O–H groups in total. The van der Waals surface area contributed by atoms with E-state index in [-0.39, 0.29) is 17.9 Å². The van der Waals surface area contributed by atoms with Gasteiger partial charge in [0.1, 0.15) is 5.75 Å². The van der Waals surface area contributed by atoms with E-state index in [1.165, 1.54) is 5.56 Å². The molecule has 2 aromatic rings. The van der Waals surface area contributed by atoms with Crippen molar-refractivity contribution in [2.75, 3.05) is 6.61 Å². The molecule has 4 heteroatoms. The molecular formula is C22H28N2O2. The number of amides is 1. The first-order valence-electron chi connectivity index (χ1n) is 8.80. The average molecular weight is 352 g/mol. The summed E-state index contributed by atoms with van der Waals surface area (Å²) in [5.41, 5.74) is 8.12. The number of benzene rings is 2. The molecule has 0 saturated heterocycles. The Labute approximate surface area is 156 Å². The summed E-state index contributed by atoms with van der Waals surface area (Å²) in [4.78, 5) is 11.9. The lowest BCUT2D eigenvalue weighted by Crippen LogP contribution is -2.24. The Morgan fingerprint density at radius 1 is 1.12 bits per heavy atom. The van der Waals surface area contributed by atoms with E-state index < -0.39 is 0 Å². The molecule has 2 aromatic carbocycles. The van der Waals surface area contributed by atoms with Gasteiger partial charge in [-0.1, -0.05) is 51.1 Å². The molecule has 1 amide bonds. The molecule has 0 atom stereocenters. The van der Waals surface area contributed by atoms with Crippen LogP contribution in [0.25, 0.3) is 0 Å². The lowest BCUT2D eigenvalue weighted by molar-refractivity contribution is -0.123. The second-order valence-corrected chi connectivity index (χ2v) is 7.66. The van der Waals surface area contributed by atoms with Gasteiger partial charge in [0.2, 0.25) is 0 Å². The zero-order valence-electron chi connectivity index (χ0n) is 16.5. The fraction of sp³-hybridized carbons (Fsp3) is 0.364. The summed E-state index contributed by atoms with van der Waals surface area (Å²) in [6, 6.07) is 12.2. The van der Waals surface area contributed by atoms with Crippen LogP contribution < -0.4 is 10.2 Å². The third-order valence-corrected chi connectivity index (χ3v) is 4.30. The van der Waals surface area contributed by atoms with Crippen molar-refractivity contribution in [1.82, 2.24) is 5.43 Å². The Balaban J connectivity index is 1.88. The zero-order valence-corrected chi connectivity index (χ0v) is 16.5. The van der Waals surface area contributed by atoms with Gasteiger partial charge in [-0.15, -0.1) is 0 Å². The van der Waals surface area contributed by atoms with Gasteiger partial charge in [0.25, 0.3) is 5.91 Å². The zero-order chi connectivity index (χ0) is 19.3. The number of nitrogens with one attached hydrogen (secondary N) is 1. The second kappa shape index (κ2) is 8.17. The summed E-state index contributed by atoms with van der Waals surface area (Å²) in [6.07, 6.45) is 1.63. The molecule has 26 heavy (non-hydrogen) atoms. The highest BCUT2D eigenvalue weighted by molar-refractivity contribution is 5.83. The summed E-state index contributed by atoms with van der Waals surface area (Å²) in [5, 5.41) is 4.00. The molecule has 0 bridgehead atoms. The molecule has 0 aromatic heterocycles. The van der Waals surface area contributed by atoms with Crippen molar-refractivity contribution in [2.24, 2.45) is 5.10 Å². The third-order valence-electron chi connectivity index (χ3n) is 4.30. The number of hydrogen-bond donors (Lipinski definition) is 1. The molecule has 0 saturated carbocycles. The summed E-state index contributed by atoms with van der Waals surface area (Å²) in [7, 11) is 0. The molecule has 0 spiro atoms. The van der Waals surface area contributed by atoms with E-state index in [4.69, 9.17) is 4.74 Å². The normalized spacial score (nSPS) is 11.6. The number of hydrazone groups is 1. The summed E-state index contributed by atoms with van der Waals surface area (Å²) < 4.78 is 5.63. The third kappa shape index (κ3) is 5.45. The minimum atomic E-state index is -0.286. The predicted octanol–water partition coefficient (Wildman–Crippen LogP) is 4.44.